The SMILES string of the molecule is O=c1onc(Cc2ccc(F)cc2)n1Cc1ccn(C2CCCCC2)n1. The van der Waals surface area contributed by atoms with E-state index in [0.29, 0.717) is 24.8 Å². The van der Waals surface area contributed by atoms with E-state index in [1.807, 2.05) is 16.9 Å². The van der Waals surface area contributed by atoms with E-state index >= 15 is 0 Å². The standard InChI is InChI=1S/C19H21FN4O2/c20-15-8-6-14(7-9-15)12-18-22-26-19(25)23(18)13-16-10-11-24(21-16)17-4-2-1-3-5-17/h6-11,17H,1-5,12-13H2. The Bertz CT molecular complexity index is 920. The third-order valence-electron chi connectivity index (χ3n) is 4.97. The molecule has 7 heteroatoms. The van der Waals surface area contributed by atoms with Crippen LogP contribution in [0.2, 0.25) is 0 Å². The minimum atomic E-state index is -0.505. The molecule has 1 aromatic carbocycles. The fourth-order valence-electron chi connectivity index (χ4n) is 3.54. The van der Waals surface area contributed by atoms with Crippen molar-refractivity contribution in [3.8, 4) is 0 Å². The summed E-state index contributed by atoms with van der Waals surface area (Å²) in [5.41, 5.74) is 1.67. The van der Waals surface area contributed by atoms with Crippen molar-refractivity contribution in [2.45, 2.75) is 51.1 Å². The number of rotatable bonds is 5. The summed E-state index contributed by atoms with van der Waals surface area (Å²) in [5.74, 6) is -0.289. The Morgan fingerprint density at radius 2 is 1.88 bits per heavy atom. The van der Waals surface area contributed by atoms with Crippen LogP contribution in [0.25, 0.3) is 0 Å². The van der Waals surface area contributed by atoms with Crippen LogP contribution in [0.5, 0.6) is 0 Å². The van der Waals surface area contributed by atoms with Gasteiger partial charge in [-0.25, -0.2) is 9.18 Å². The molecule has 0 radical (unpaired) electrons. The number of aromatic nitrogens is 4. The molecule has 0 aliphatic heterocycles. The molecule has 1 aliphatic rings. The Morgan fingerprint density at radius 1 is 1.12 bits per heavy atom. The predicted molar refractivity (Wildman–Crippen MR) is 93.4 cm³/mol. The van der Waals surface area contributed by atoms with Gasteiger partial charge in [0.05, 0.1) is 18.3 Å². The lowest BCUT2D eigenvalue weighted by atomic mass is 9.96. The molecule has 6 nitrogen and oxygen atoms in total. The fourth-order valence-corrected chi connectivity index (χ4v) is 3.54. The monoisotopic (exact) mass is 356 g/mol. The summed E-state index contributed by atoms with van der Waals surface area (Å²) in [5, 5.41) is 8.52. The van der Waals surface area contributed by atoms with Crippen LogP contribution in [0.1, 0.15) is 55.2 Å². The predicted octanol–water partition coefficient (Wildman–Crippen LogP) is 3.32. The summed E-state index contributed by atoms with van der Waals surface area (Å²) in [7, 11) is 0. The molecule has 26 heavy (non-hydrogen) atoms. The fraction of sp³-hybridized carbons (Fsp3) is 0.421. The highest BCUT2D eigenvalue weighted by atomic mass is 19.1. The molecule has 0 saturated heterocycles. The van der Waals surface area contributed by atoms with Crippen molar-refractivity contribution in [3.05, 3.63) is 70.0 Å². The lowest BCUT2D eigenvalue weighted by Gasteiger charge is -2.21. The summed E-state index contributed by atoms with van der Waals surface area (Å²) >= 11 is 0. The summed E-state index contributed by atoms with van der Waals surface area (Å²) in [6, 6.07) is 8.53. The van der Waals surface area contributed by atoms with Gasteiger partial charge in [-0.05, 0) is 36.6 Å². The Morgan fingerprint density at radius 3 is 2.65 bits per heavy atom. The summed E-state index contributed by atoms with van der Waals surface area (Å²) < 4.78 is 21.4. The Balaban J connectivity index is 1.51. The smallest absolute Gasteiger partial charge is 0.296 e. The van der Waals surface area contributed by atoms with E-state index in [1.165, 1.54) is 36.0 Å². The van der Waals surface area contributed by atoms with Crippen LogP contribution < -0.4 is 5.76 Å². The van der Waals surface area contributed by atoms with E-state index in [1.54, 1.807) is 12.1 Å². The Labute approximate surface area is 150 Å². The number of hydrogen-bond acceptors (Lipinski definition) is 4. The topological polar surface area (TPSA) is 65.8 Å². The molecule has 0 bridgehead atoms. The number of nitrogens with zero attached hydrogens (tertiary/aromatic N) is 4. The minimum Gasteiger partial charge on any atom is -0.296 e. The maximum Gasteiger partial charge on any atom is 0.441 e. The van der Waals surface area contributed by atoms with Crippen molar-refractivity contribution in [2.75, 3.05) is 0 Å². The molecule has 136 valence electrons. The molecule has 0 unspecified atom stereocenters. The lowest BCUT2D eigenvalue weighted by molar-refractivity contribution is 0.327. The highest BCUT2D eigenvalue weighted by Crippen LogP contribution is 2.27. The van der Waals surface area contributed by atoms with Crippen molar-refractivity contribution in [1.29, 1.82) is 0 Å². The van der Waals surface area contributed by atoms with Gasteiger partial charge in [-0.2, -0.15) is 5.10 Å². The second kappa shape index (κ2) is 7.27. The zero-order valence-electron chi connectivity index (χ0n) is 14.5. The molecule has 3 aromatic rings. The van der Waals surface area contributed by atoms with E-state index < -0.39 is 5.76 Å². The first kappa shape index (κ1) is 16.8. The van der Waals surface area contributed by atoms with Gasteiger partial charge in [0.15, 0.2) is 5.82 Å². The number of hydrogen-bond donors (Lipinski definition) is 0. The second-order valence-electron chi connectivity index (χ2n) is 6.83. The maximum absolute atomic E-state index is 13.1. The highest BCUT2D eigenvalue weighted by molar-refractivity contribution is 5.20. The molecule has 2 heterocycles. The van der Waals surface area contributed by atoms with Gasteiger partial charge in [0.25, 0.3) is 0 Å². The van der Waals surface area contributed by atoms with Crippen LogP contribution >= 0.6 is 0 Å². The van der Waals surface area contributed by atoms with Crippen LogP contribution in [0.4, 0.5) is 4.39 Å². The Kier molecular flexibility index (Phi) is 4.69. The van der Waals surface area contributed by atoms with E-state index in [4.69, 9.17) is 4.52 Å². The first-order chi connectivity index (χ1) is 12.7. The van der Waals surface area contributed by atoms with E-state index in [-0.39, 0.29) is 5.82 Å². The van der Waals surface area contributed by atoms with Gasteiger partial charge in [0.1, 0.15) is 5.82 Å². The van der Waals surface area contributed by atoms with Gasteiger partial charge in [-0.3, -0.25) is 13.8 Å². The first-order valence-electron chi connectivity index (χ1n) is 9.03. The van der Waals surface area contributed by atoms with Gasteiger partial charge in [0, 0.05) is 12.6 Å². The quantitative estimate of drug-likeness (QED) is 0.703. The molecule has 0 spiro atoms. The molecular weight excluding hydrogens is 335 g/mol. The van der Waals surface area contributed by atoms with Crippen LogP contribution in [-0.4, -0.2) is 19.5 Å². The van der Waals surface area contributed by atoms with Crippen LogP contribution in [0.3, 0.4) is 0 Å². The summed E-state index contributed by atoms with van der Waals surface area (Å²) in [6.07, 6.45) is 8.49. The van der Waals surface area contributed by atoms with Crippen LogP contribution in [0.15, 0.2) is 45.8 Å². The van der Waals surface area contributed by atoms with Crippen molar-refractivity contribution in [3.63, 3.8) is 0 Å². The van der Waals surface area contributed by atoms with Gasteiger partial charge in [-0.1, -0.05) is 36.6 Å². The van der Waals surface area contributed by atoms with Crippen LogP contribution in [-0.2, 0) is 13.0 Å². The largest absolute Gasteiger partial charge is 0.441 e. The van der Waals surface area contributed by atoms with Crippen molar-refractivity contribution < 1.29 is 8.91 Å². The van der Waals surface area contributed by atoms with Gasteiger partial charge < -0.3 is 0 Å². The average molecular weight is 356 g/mol. The molecule has 1 saturated carbocycles. The molecule has 0 N–H and O–H groups in total. The van der Waals surface area contributed by atoms with E-state index in [9.17, 15) is 9.18 Å². The van der Waals surface area contributed by atoms with E-state index in [0.717, 1.165) is 24.1 Å². The number of halogens is 1. The summed E-state index contributed by atoms with van der Waals surface area (Å²) in [4.78, 5) is 12.0. The summed E-state index contributed by atoms with van der Waals surface area (Å²) in [6.45, 7) is 0.318. The van der Waals surface area contributed by atoms with Gasteiger partial charge in [0.2, 0.25) is 0 Å². The minimum absolute atomic E-state index is 0.292. The Hall–Kier alpha value is -2.70. The average Bonchev–Trinajstić information content (AvgIpc) is 3.27. The van der Waals surface area contributed by atoms with Gasteiger partial charge >= 0.3 is 5.76 Å². The number of benzene rings is 1. The van der Waals surface area contributed by atoms with Gasteiger partial charge in [-0.15, -0.1) is 0 Å². The molecule has 0 atom stereocenters. The molecule has 0 amide bonds. The van der Waals surface area contributed by atoms with Crippen molar-refractivity contribution in [2.24, 2.45) is 0 Å². The first-order valence-corrected chi connectivity index (χ1v) is 9.03. The molecule has 1 fully saturated rings. The zero-order valence-corrected chi connectivity index (χ0v) is 14.5. The van der Waals surface area contributed by atoms with Crippen LogP contribution in [0, 0.1) is 5.82 Å². The third kappa shape index (κ3) is 3.61. The lowest BCUT2D eigenvalue weighted by Crippen LogP contribution is -2.19. The van der Waals surface area contributed by atoms with Crippen molar-refractivity contribution in [1.82, 2.24) is 19.5 Å². The third-order valence-corrected chi connectivity index (χ3v) is 4.97. The normalized spacial score (nSPS) is 15.4. The molecular formula is C19H21FN4O2. The van der Waals surface area contributed by atoms with E-state index in [2.05, 4.69) is 10.3 Å². The second-order valence-corrected chi connectivity index (χ2v) is 6.83. The molecule has 4 rings (SSSR count). The maximum atomic E-state index is 13.1. The highest BCUT2D eigenvalue weighted by Gasteiger charge is 2.17. The van der Waals surface area contributed by atoms with Crippen molar-refractivity contribution >= 4 is 0 Å². The molecule has 2 aromatic heterocycles. The zero-order chi connectivity index (χ0) is 17.9. The molecule has 1 aliphatic carbocycles.